The first-order valence-corrected chi connectivity index (χ1v) is 11.5. The highest BCUT2D eigenvalue weighted by Crippen LogP contribution is 2.34. The lowest BCUT2D eigenvalue weighted by molar-refractivity contribution is -0.206. The molecule has 0 saturated heterocycles. The lowest BCUT2D eigenvalue weighted by atomic mass is 9.79. The number of aliphatic hydroxyl groups excluding tert-OH is 1. The van der Waals surface area contributed by atoms with Crippen LogP contribution in [0.2, 0.25) is 0 Å². The van der Waals surface area contributed by atoms with Gasteiger partial charge < -0.3 is 44.8 Å². The number of aliphatic hydroxyl groups is 2. The number of methoxy groups -OCH3 is 1. The van der Waals surface area contributed by atoms with Crippen molar-refractivity contribution in [2.75, 3.05) is 7.11 Å². The minimum absolute atomic E-state index is 0.118. The van der Waals surface area contributed by atoms with E-state index < -0.39 is 60.4 Å². The molecule has 12 nitrogen and oxygen atoms in total. The van der Waals surface area contributed by atoms with Crippen LogP contribution in [0.4, 0.5) is 0 Å². The zero-order valence-corrected chi connectivity index (χ0v) is 20.3. The van der Waals surface area contributed by atoms with Gasteiger partial charge in [-0.25, -0.2) is 9.59 Å². The fourth-order valence-electron chi connectivity index (χ4n) is 4.00. The van der Waals surface area contributed by atoms with Crippen LogP contribution in [0.3, 0.4) is 0 Å². The third-order valence-electron chi connectivity index (χ3n) is 6.02. The van der Waals surface area contributed by atoms with Crippen molar-refractivity contribution in [1.82, 2.24) is 0 Å². The maximum atomic E-state index is 12.5. The number of phenolic OH excluding ortho intramolecular Hbond substituents is 4. The van der Waals surface area contributed by atoms with E-state index in [1.165, 1.54) is 42.5 Å². The van der Waals surface area contributed by atoms with E-state index in [0.29, 0.717) is 11.1 Å². The quantitative estimate of drug-likeness (QED) is 0.122. The summed E-state index contributed by atoms with van der Waals surface area (Å²) >= 11 is 0. The molecule has 3 rings (SSSR count). The standard InChI is InChI=1S/C26H28O12/c1-36-25(34)26(35)12-20(37-22(31)8-4-14-2-6-16(27)18(29)10-14)24(33)21(13-26)38-23(32)9-5-15-3-7-17(28)19(30)11-15/h2-4,6-8,10-11,20-21,24,27-30,33,35H,5,9,12-13H2,1H3/t20-,21+,24-,26+/m1/s1. The zero-order chi connectivity index (χ0) is 28.0. The molecule has 1 saturated carbocycles. The minimum Gasteiger partial charge on any atom is -0.504 e. The molecule has 12 heteroatoms. The highest BCUT2D eigenvalue weighted by Gasteiger charge is 2.52. The van der Waals surface area contributed by atoms with Crippen LogP contribution in [0.5, 0.6) is 23.0 Å². The number of esters is 3. The summed E-state index contributed by atoms with van der Waals surface area (Å²) in [5.41, 5.74) is -1.35. The Morgan fingerprint density at radius 3 is 2.13 bits per heavy atom. The number of carbonyl (C=O) groups is 3. The summed E-state index contributed by atoms with van der Waals surface area (Å²) in [6.07, 6.45) is -3.35. The van der Waals surface area contributed by atoms with E-state index in [9.17, 15) is 45.0 Å². The Balaban J connectivity index is 1.69. The molecule has 38 heavy (non-hydrogen) atoms. The van der Waals surface area contributed by atoms with Gasteiger partial charge in [-0.3, -0.25) is 4.79 Å². The molecular formula is C26H28O12. The number of aromatic hydroxyl groups is 4. The van der Waals surface area contributed by atoms with Crippen molar-refractivity contribution in [3.63, 3.8) is 0 Å². The van der Waals surface area contributed by atoms with E-state index >= 15 is 0 Å². The predicted molar refractivity (Wildman–Crippen MR) is 129 cm³/mol. The average molecular weight is 532 g/mol. The fraction of sp³-hybridized carbons (Fsp3) is 0.346. The summed E-state index contributed by atoms with van der Waals surface area (Å²) in [6, 6.07) is 7.85. The van der Waals surface area contributed by atoms with E-state index in [0.717, 1.165) is 13.2 Å². The Morgan fingerprint density at radius 2 is 1.53 bits per heavy atom. The molecule has 0 bridgehead atoms. The maximum absolute atomic E-state index is 12.5. The van der Waals surface area contributed by atoms with Gasteiger partial charge in [0.15, 0.2) is 28.6 Å². The molecule has 0 radical (unpaired) electrons. The van der Waals surface area contributed by atoms with Crippen LogP contribution in [0.15, 0.2) is 42.5 Å². The number of benzene rings is 2. The number of carbonyl (C=O) groups excluding carboxylic acids is 3. The first-order valence-electron chi connectivity index (χ1n) is 11.5. The van der Waals surface area contributed by atoms with Gasteiger partial charge in [0.1, 0.15) is 18.3 Å². The Kier molecular flexibility index (Phi) is 8.81. The number of phenols is 4. The van der Waals surface area contributed by atoms with E-state index in [1.807, 2.05) is 0 Å². The molecule has 6 N–H and O–H groups in total. The van der Waals surface area contributed by atoms with E-state index in [4.69, 9.17) is 9.47 Å². The predicted octanol–water partition coefficient (Wildman–Crippen LogP) is 1.04. The molecule has 0 aromatic heterocycles. The summed E-state index contributed by atoms with van der Waals surface area (Å²) in [5, 5.41) is 59.5. The molecule has 2 aromatic carbocycles. The van der Waals surface area contributed by atoms with Gasteiger partial charge in [0.05, 0.1) is 7.11 Å². The minimum atomic E-state index is -2.22. The number of hydrogen-bond acceptors (Lipinski definition) is 12. The molecule has 4 atom stereocenters. The summed E-state index contributed by atoms with van der Waals surface area (Å²) < 4.78 is 15.2. The van der Waals surface area contributed by atoms with Gasteiger partial charge in [0.2, 0.25) is 0 Å². The molecule has 0 spiro atoms. The molecule has 0 heterocycles. The topological polar surface area (TPSA) is 200 Å². The highest BCUT2D eigenvalue weighted by atomic mass is 16.6. The molecule has 0 aliphatic heterocycles. The van der Waals surface area contributed by atoms with Gasteiger partial charge in [-0.15, -0.1) is 0 Å². The van der Waals surface area contributed by atoms with Gasteiger partial charge in [-0.05, 0) is 47.9 Å². The van der Waals surface area contributed by atoms with Crippen molar-refractivity contribution < 1.29 is 59.2 Å². The van der Waals surface area contributed by atoms with E-state index in [-0.39, 0.29) is 30.1 Å². The summed E-state index contributed by atoms with van der Waals surface area (Å²) in [4.78, 5) is 37.1. The lowest BCUT2D eigenvalue weighted by Gasteiger charge is -2.41. The number of hydrogen-bond donors (Lipinski definition) is 6. The van der Waals surface area contributed by atoms with Crippen LogP contribution in [0.1, 0.15) is 30.4 Å². The maximum Gasteiger partial charge on any atom is 0.338 e. The van der Waals surface area contributed by atoms with Crippen molar-refractivity contribution in [3.05, 3.63) is 53.6 Å². The SMILES string of the molecule is COC(=O)[C@@]1(O)C[C@H](OC(=O)CCc2ccc(O)c(O)c2)[C@H](O)[C@H](OC(=O)C=Cc2ccc(O)c(O)c2)C1. The van der Waals surface area contributed by atoms with Crippen molar-refractivity contribution >= 4 is 24.0 Å². The smallest absolute Gasteiger partial charge is 0.338 e. The van der Waals surface area contributed by atoms with Crippen molar-refractivity contribution in [2.24, 2.45) is 0 Å². The molecule has 1 aliphatic rings. The van der Waals surface area contributed by atoms with Crippen LogP contribution < -0.4 is 0 Å². The van der Waals surface area contributed by atoms with Gasteiger partial charge in [-0.1, -0.05) is 12.1 Å². The van der Waals surface area contributed by atoms with Crippen molar-refractivity contribution in [1.29, 1.82) is 0 Å². The summed E-state index contributed by atoms with van der Waals surface area (Å²) in [5.74, 6) is -4.26. The molecule has 0 amide bonds. The second kappa shape index (κ2) is 11.8. The normalized spacial score (nSPS) is 23.1. The Morgan fingerprint density at radius 1 is 0.921 bits per heavy atom. The average Bonchev–Trinajstić information content (AvgIpc) is 2.87. The number of rotatable bonds is 8. The molecule has 1 fully saturated rings. The Labute approximate surface area is 216 Å². The molecule has 1 aliphatic carbocycles. The summed E-state index contributed by atoms with van der Waals surface area (Å²) in [6.45, 7) is 0. The van der Waals surface area contributed by atoms with Crippen molar-refractivity contribution in [3.8, 4) is 23.0 Å². The van der Waals surface area contributed by atoms with Crippen molar-refractivity contribution in [2.45, 2.75) is 49.6 Å². The molecule has 204 valence electrons. The van der Waals surface area contributed by atoms with Gasteiger partial charge >= 0.3 is 17.9 Å². The number of aryl methyl sites for hydroxylation is 1. The largest absolute Gasteiger partial charge is 0.504 e. The van der Waals surface area contributed by atoms with Gasteiger partial charge in [-0.2, -0.15) is 0 Å². The van der Waals surface area contributed by atoms with Crippen LogP contribution >= 0.6 is 0 Å². The highest BCUT2D eigenvalue weighted by molar-refractivity contribution is 5.87. The van der Waals surface area contributed by atoms with Crippen LogP contribution in [0, 0.1) is 0 Å². The Hall–Kier alpha value is -4.29. The first-order chi connectivity index (χ1) is 17.9. The van der Waals surface area contributed by atoms with Crippen LogP contribution in [0.25, 0.3) is 6.08 Å². The van der Waals surface area contributed by atoms with Gasteiger partial charge in [0, 0.05) is 25.3 Å². The molecule has 2 aromatic rings. The van der Waals surface area contributed by atoms with Crippen LogP contribution in [-0.2, 0) is 35.0 Å². The Bertz CT molecular complexity index is 1220. The van der Waals surface area contributed by atoms with E-state index in [1.54, 1.807) is 0 Å². The molecule has 0 unspecified atom stereocenters. The monoisotopic (exact) mass is 532 g/mol. The van der Waals surface area contributed by atoms with E-state index in [2.05, 4.69) is 4.74 Å². The van der Waals surface area contributed by atoms with Crippen LogP contribution in [-0.4, -0.2) is 79.6 Å². The molecular weight excluding hydrogens is 504 g/mol. The third kappa shape index (κ3) is 6.93. The second-order valence-corrected chi connectivity index (χ2v) is 8.83. The zero-order valence-electron chi connectivity index (χ0n) is 20.3. The second-order valence-electron chi connectivity index (χ2n) is 8.83. The summed E-state index contributed by atoms with van der Waals surface area (Å²) in [7, 11) is 1.04. The third-order valence-corrected chi connectivity index (χ3v) is 6.02. The first kappa shape index (κ1) is 28.3. The lowest BCUT2D eigenvalue weighted by Crippen LogP contribution is -2.58. The van der Waals surface area contributed by atoms with Gasteiger partial charge in [0.25, 0.3) is 0 Å². The number of ether oxygens (including phenoxy) is 3. The fourth-order valence-corrected chi connectivity index (χ4v) is 4.00.